The van der Waals surface area contributed by atoms with Crippen molar-refractivity contribution >= 4 is 44.8 Å². The van der Waals surface area contributed by atoms with Crippen molar-refractivity contribution in [2.45, 2.75) is 37.4 Å². The number of hydrogen-bond donors (Lipinski definition) is 2. The third kappa shape index (κ3) is 6.90. The van der Waals surface area contributed by atoms with Crippen molar-refractivity contribution in [2.24, 2.45) is 5.92 Å². The van der Waals surface area contributed by atoms with Crippen molar-refractivity contribution in [1.82, 2.24) is 9.80 Å². The van der Waals surface area contributed by atoms with Gasteiger partial charge in [0, 0.05) is 25.6 Å². The van der Waals surface area contributed by atoms with Gasteiger partial charge in [0.15, 0.2) is 5.75 Å². The number of carbonyl (C=O) groups excluding carboxylic acids is 1. The summed E-state index contributed by atoms with van der Waals surface area (Å²) in [6.07, 6.45) is -0.421. The molecular formula is C29H33Cl2N3O5S. The molecule has 3 aromatic carbocycles. The number of nitrogens with one attached hydrogen (secondary N) is 1. The molecule has 214 valence electrons. The normalized spacial score (nSPS) is 18.5. The lowest BCUT2D eigenvalue weighted by atomic mass is 9.99. The minimum atomic E-state index is -3.95. The maximum atomic E-state index is 13.7. The molecule has 2 N–H and O–H groups in total. The number of rotatable bonds is 9. The molecule has 1 heterocycles. The highest BCUT2D eigenvalue weighted by molar-refractivity contribution is 7.92. The second-order valence-electron chi connectivity index (χ2n) is 10.2. The number of carbonyl (C=O) groups is 1. The molecule has 0 aromatic heterocycles. The first-order valence-corrected chi connectivity index (χ1v) is 15.2. The Morgan fingerprint density at radius 1 is 1.10 bits per heavy atom. The number of hydrogen-bond acceptors (Lipinski definition) is 6. The predicted molar refractivity (Wildman–Crippen MR) is 158 cm³/mol. The van der Waals surface area contributed by atoms with Crippen molar-refractivity contribution in [2.75, 3.05) is 31.5 Å². The largest absolute Gasteiger partial charge is 0.486 e. The second-order valence-corrected chi connectivity index (χ2v) is 12.7. The van der Waals surface area contributed by atoms with Crippen LogP contribution in [-0.2, 0) is 16.6 Å². The van der Waals surface area contributed by atoms with E-state index in [0.29, 0.717) is 29.7 Å². The van der Waals surface area contributed by atoms with Crippen LogP contribution in [0.5, 0.6) is 5.75 Å². The number of amides is 1. The Hall–Kier alpha value is -2.82. The summed E-state index contributed by atoms with van der Waals surface area (Å²) in [6.45, 7) is 4.93. The van der Waals surface area contributed by atoms with Gasteiger partial charge in [-0.1, -0.05) is 60.5 Å². The fraction of sp³-hybridized carbons (Fsp3) is 0.345. The number of ether oxygens (including phenoxy) is 1. The van der Waals surface area contributed by atoms with E-state index in [1.165, 1.54) is 12.1 Å². The smallest absolute Gasteiger partial charge is 0.262 e. The third-order valence-electron chi connectivity index (χ3n) is 6.92. The van der Waals surface area contributed by atoms with Crippen LogP contribution < -0.4 is 9.46 Å². The Morgan fingerprint density at radius 2 is 1.82 bits per heavy atom. The molecule has 0 bridgehead atoms. The molecule has 0 fully saturated rings. The molecule has 0 spiro atoms. The minimum Gasteiger partial charge on any atom is -0.486 e. The summed E-state index contributed by atoms with van der Waals surface area (Å²) in [5.41, 5.74) is 1.35. The lowest BCUT2D eigenvalue weighted by molar-refractivity contribution is 0.0344. The Labute approximate surface area is 245 Å². The van der Waals surface area contributed by atoms with Gasteiger partial charge in [0.1, 0.15) is 6.10 Å². The highest BCUT2D eigenvalue weighted by Gasteiger charge is 2.35. The van der Waals surface area contributed by atoms with Crippen molar-refractivity contribution in [3.63, 3.8) is 0 Å². The van der Waals surface area contributed by atoms with Gasteiger partial charge in [-0.2, -0.15) is 0 Å². The lowest BCUT2D eigenvalue weighted by Gasteiger charge is -2.38. The number of para-hydroxylation sites is 1. The highest BCUT2D eigenvalue weighted by Crippen LogP contribution is 2.36. The van der Waals surface area contributed by atoms with E-state index in [1.807, 2.05) is 26.1 Å². The molecule has 3 atom stereocenters. The van der Waals surface area contributed by atoms with Crippen LogP contribution in [0.1, 0.15) is 29.8 Å². The van der Waals surface area contributed by atoms with Crippen LogP contribution in [0.4, 0.5) is 5.69 Å². The Balaban J connectivity index is 1.70. The molecule has 0 radical (unpaired) electrons. The monoisotopic (exact) mass is 605 g/mol. The lowest BCUT2D eigenvalue weighted by Crippen LogP contribution is -2.49. The molecule has 40 heavy (non-hydrogen) atoms. The Morgan fingerprint density at radius 3 is 2.50 bits per heavy atom. The molecule has 1 aliphatic rings. The van der Waals surface area contributed by atoms with Crippen LogP contribution in [0.2, 0.25) is 10.0 Å². The fourth-order valence-corrected chi connectivity index (χ4v) is 6.07. The van der Waals surface area contributed by atoms with Gasteiger partial charge in [-0.05, 0) is 55.9 Å². The topological polar surface area (TPSA) is 99.2 Å². The molecular weight excluding hydrogens is 573 g/mol. The number of nitrogens with zero attached hydrogens (tertiary/aromatic N) is 2. The molecule has 0 saturated heterocycles. The van der Waals surface area contributed by atoms with E-state index in [2.05, 4.69) is 9.62 Å². The molecule has 0 saturated carbocycles. The summed E-state index contributed by atoms with van der Waals surface area (Å²) < 4.78 is 35.5. The zero-order chi connectivity index (χ0) is 29.0. The molecule has 3 aromatic rings. The first-order valence-electron chi connectivity index (χ1n) is 12.9. The first-order chi connectivity index (χ1) is 19.0. The standard InChI is InChI=1S/C29H33Cl2N3O5S/c1-19-15-34(20(2)18-35)29(36)23-10-7-11-26(32-40(37,38)22-8-5-4-6-9-22)28(23)39-27(19)17-33(3)16-21-12-13-24(30)25(31)14-21/h4-14,19-20,27,32,35H,15-18H2,1-3H3/t19-,20-,27+/m1/s1. The van der Waals surface area contributed by atoms with Gasteiger partial charge < -0.3 is 14.7 Å². The average Bonchev–Trinajstić information content (AvgIpc) is 2.93. The van der Waals surface area contributed by atoms with Crippen molar-refractivity contribution in [3.8, 4) is 5.75 Å². The van der Waals surface area contributed by atoms with Crippen molar-refractivity contribution in [1.29, 1.82) is 0 Å². The number of aliphatic hydroxyl groups is 1. The van der Waals surface area contributed by atoms with Crippen LogP contribution in [-0.4, -0.2) is 68.1 Å². The summed E-state index contributed by atoms with van der Waals surface area (Å²) in [5.74, 6) is -0.338. The van der Waals surface area contributed by atoms with Gasteiger partial charge in [0.25, 0.3) is 15.9 Å². The quantitative estimate of drug-likeness (QED) is 0.350. The third-order valence-corrected chi connectivity index (χ3v) is 9.04. The number of likely N-dealkylation sites (N-methyl/N-ethyl adjacent to an activating group) is 1. The molecule has 8 nitrogen and oxygen atoms in total. The second kappa shape index (κ2) is 12.8. The van der Waals surface area contributed by atoms with Gasteiger partial charge in [0.05, 0.1) is 38.8 Å². The fourth-order valence-electron chi connectivity index (χ4n) is 4.67. The Bertz CT molecular complexity index is 1460. The molecule has 4 rings (SSSR count). The maximum absolute atomic E-state index is 13.7. The Kier molecular flexibility index (Phi) is 9.64. The number of benzene rings is 3. The summed E-state index contributed by atoms with van der Waals surface area (Å²) in [5, 5.41) is 10.9. The summed E-state index contributed by atoms with van der Waals surface area (Å²) in [7, 11) is -2.00. The van der Waals surface area contributed by atoms with Crippen molar-refractivity contribution in [3.05, 3.63) is 87.9 Å². The zero-order valence-electron chi connectivity index (χ0n) is 22.6. The zero-order valence-corrected chi connectivity index (χ0v) is 24.9. The van der Waals surface area contributed by atoms with Gasteiger partial charge in [-0.15, -0.1) is 0 Å². The number of halogens is 2. The number of anilines is 1. The molecule has 0 aliphatic carbocycles. The van der Waals surface area contributed by atoms with Crippen LogP contribution >= 0.6 is 23.2 Å². The summed E-state index contributed by atoms with van der Waals surface area (Å²) in [4.78, 5) is 17.5. The van der Waals surface area contributed by atoms with Crippen LogP contribution in [0.25, 0.3) is 0 Å². The van der Waals surface area contributed by atoms with Crippen LogP contribution in [0.3, 0.4) is 0 Å². The van der Waals surface area contributed by atoms with E-state index < -0.39 is 22.2 Å². The van der Waals surface area contributed by atoms with Gasteiger partial charge in [-0.3, -0.25) is 14.4 Å². The van der Waals surface area contributed by atoms with E-state index in [1.54, 1.807) is 54.3 Å². The SMILES string of the molecule is C[C@@H]1CN([C@H](C)CO)C(=O)c2cccc(NS(=O)(=O)c3ccccc3)c2O[C@H]1CN(C)Cc1ccc(Cl)c(Cl)c1. The van der Waals surface area contributed by atoms with Crippen LogP contribution in [0, 0.1) is 5.92 Å². The predicted octanol–water partition coefficient (Wildman–Crippen LogP) is 5.15. The van der Waals surface area contributed by atoms with E-state index in [9.17, 15) is 18.3 Å². The average molecular weight is 607 g/mol. The number of sulfonamides is 1. The molecule has 11 heteroatoms. The molecule has 1 aliphatic heterocycles. The van der Waals surface area contributed by atoms with Gasteiger partial charge in [0.2, 0.25) is 0 Å². The number of fused-ring (bicyclic) bond motifs is 1. The first kappa shape index (κ1) is 30.1. The van der Waals surface area contributed by atoms with E-state index >= 15 is 0 Å². The molecule has 1 amide bonds. The van der Waals surface area contributed by atoms with E-state index in [-0.39, 0.29) is 40.3 Å². The van der Waals surface area contributed by atoms with Crippen LogP contribution in [0.15, 0.2) is 71.6 Å². The van der Waals surface area contributed by atoms with Gasteiger partial charge in [-0.25, -0.2) is 8.42 Å². The summed E-state index contributed by atoms with van der Waals surface area (Å²) >= 11 is 12.3. The van der Waals surface area contributed by atoms with Crippen molar-refractivity contribution < 1.29 is 23.1 Å². The van der Waals surface area contributed by atoms with Gasteiger partial charge >= 0.3 is 0 Å². The molecule has 0 unspecified atom stereocenters. The highest BCUT2D eigenvalue weighted by atomic mass is 35.5. The number of aliphatic hydroxyl groups excluding tert-OH is 1. The summed E-state index contributed by atoms with van der Waals surface area (Å²) in [6, 6.07) is 17.8. The van der Waals surface area contributed by atoms with E-state index in [4.69, 9.17) is 27.9 Å². The maximum Gasteiger partial charge on any atom is 0.262 e. The van der Waals surface area contributed by atoms with E-state index in [0.717, 1.165) is 5.56 Å². The minimum absolute atomic E-state index is 0.0894.